The van der Waals surface area contributed by atoms with Gasteiger partial charge in [-0.3, -0.25) is 0 Å². The molecule has 1 heterocycles. The second-order valence-corrected chi connectivity index (χ2v) is 3.09. The molecule has 10 heavy (non-hydrogen) atoms. The molecule has 1 rings (SSSR count). The first-order valence-electron chi connectivity index (χ1n) is 3.82. The van der Waals surface area contributed by atoms with Crippen molar-refractivity contribution in [1.29, 1.82) is 0 Å². The number of nitrogens with zero attached hydrogens (tertiary/aromatic N) is 1. The molecule has 0 aromatic rings. The van der Waals surface area contributed by atoms with Gasteiger partial charge in [0.05, 0.1) is 20.1 Å². The second kappa shape index (κ2) is 2.86. The lowest BCUT2D eigenvalue weighted by Crippen LogP contribution is -2.56. The molecule has 0 aliphatic carbocycles. The summed E-state index contributed by atoms with van der Waals surface area (Å²) in [6.45, 7) is 4.39. The molecule has 1 saturated heterocycles. The van der Waals surface area contributed by atoms with Crippen LogP contribution >= 0.6 is 0 Å². The van der Waals surface area contributed by atoms with Crippen molar-refractivity contribution in [2.24, 2.45) is 0 Å². The van der Waals surface area contributed by atoms with Crippen LogP contribution in [0.2, 0.25) is 0 Å². The van der Waals surface area contributed by atoms with E-state index >= 15 is 0 Å². The maximum Gasteiger partial charge on any atom is 0.207 e. The average molecular weight is 145 g/mol. The predicted molar refractivity (Wildman–Crippen MR) is 40.1 cm³/mol. The second-order valence-electron chi connectivity index (χ2n) is 3.09. The summed E-state index contributed by atoms with van der Waals surface area (Å²) in [6.07, 6.45) is 1.52. The van der Waals surface area contributed by atoms with Gasteiger partial charge in [-0.2, -0.15) is 5.43 Å². The van der Waals surface area contributed by atoms with Crippen LogP contribution in [0.4, 0.5) is 0 Å². The van der Waals surface area contributed by atoms with E-state index in [1.54, 1.807) is 7.11 Å². The highest BCUT2D eigenvalue weighted by Gasteiger charge is 2.32. The minimum atomic E-state index is 0.266. The lowest BCUT2D eigenvalue weighted by molar-refractivity contribution is -0.980. The number of nitrogens with one attached hydrogen (secondary N) is 1. The van der Waals surface area contributed by atoms with E-state index in [0.29, 0.717) is 0 Å². The van der Waals surface area contributed by atoms with E-state index in [1.807, 2.05) is 0 Å². The Labute approximate surface area is 62.5 Å². The van der Waals surface area contributed by atoms with Gasteiger partial charge in [-0.15, -0.1) is 0 Å². The van der Waals surface area contributed by atoms with E-state index in [9.17, 15) is 0 Å². The van der Waals surface area contributed by atoms with Crippen LogP contribution in [-0.2, 0) is 4.74 Å². The summed E-state index contributed by atoms with van der Waals surface area (Å²) in [5.74, 6) is 0. The third-order valence-electron chi connectivity index (χ3n) is 2.42. The highest BCUT2D eigenvalue weighted by molar-refractivity contribution is 4.48. The average Bonchev–Trinajstić information content (AvgIpc) is 2.36. The van der Waals surface area contributed by atoms with E-state index < -0.39 is 0 Å². The van der Waals surface area contributed by atoms with Crippen LogP contribution in [0.1, 0.15) is 13.3 Å². The van der Waals surface area contributed by atoms with Gasteiger partial charge in [-0.05, 0) is 0 Å². The lowest BCUT2D eigenvalue weighted by Gasteiger charge is -2.32. The zero-order valence-electron chi connectivity index (χ0n) is 7.05. The van der Waals surface area contributed by atoms with Gasteiger partial charge in [-0.1, -0.05) is 0 Å². The molecule has 0 spiro atoms. The Kier molecular flexibility index (Phi) is 2.28. The highest BCUT2D eigenvalue weighted by atomic mass is 16.5. The van der Waals surface area contributed by atoms with Gasteiger partial charge in [-0.25, -0.2) is 4.59 Å². The predicted octanol–water partition coefficient (Wildman–Crippen LogP) is 0.334. The minimum Gasteiger partial charge on any atom is -0.331 e. The molecule has 1 aliphatic rings. The highest BCUT2D eigenvalue weighted by Crippen LogP contribution is 2.12. The van der Waals surface area contributed by atoms with Crippen LogP contribution in [0, 0.1) is 0 Å². The Morgan fingerprint density at radius 1 is 1.60 bits per heavy atom. The molecule has 60 valence electrons. The maximum absolute atomic E-state index is 5.25. The van der Waals surface area contributed by atoms with Gasteiger partial charge in [0.1, 0.15) is 0 Å². The normalized spacial score (nSPS) is 36.3. The Morgan fingerprint density at radius 3 is 2.70 bits per heavy atom. The molecule has 3 nitrogen and oxygen atoms in total. The van der Waals surface area contributed by atoms with Crippen molar-refractivity contribution in [1.82, 2.24) is 5.43 Å². The summed E-state index contributed by atoms with van der Waals surface area (Å²) >= 11 is 0. The van der Waals surface area contributed by atoms with Crippen molar-refractivity contribution in [2.45, 2.75) is 19.6 Å². The molecule has 2 atom stereocenters. The monoisotopic (exact) mass is 145 g/mol. The smallest absolute Gasteiger partial charge is 0.207 e. The van der Waals surface area contributed by atoms with Crippen molar-refractivity contribution in [3.8, 4) is 0 Å². The largest absolute Gasteiger partial charge is 0.331 e. The summed E-state index contributed by atoms with van der Waals surface area (Å²) in [4.78, 5) is 0. The SMILES string of the molecule is COC(C)[N+]1(C)CCCN1. The molecule has 0 aromatic carbocycles. The summed E-state index contributed by atoms with van der Waals surface area (Å²) in [5.41, 5.74) is 3.40. The summed E-state index contributed by atoms with van der Waals surface area (Å²) in [5, 5.41) is 0. The first-order valence-corrected chi connectivity index (χ1v) is 3.82. The van der Waals surface area contributed by atoms with Crippen molar-refractivity contribution in [3.63, 3.8) is 0 Å². The first kappa shape index (κ1) is 7.98. The molecule has 3 heteroatoms. The number of rotatable bonds is 2. The van der Waals surface area contributed by atoms with Gasteiger partial charge in [0.2, 0.25) is 6.23 Å². The van der Waals surface area contributed by atoms with Crippen LogP contribution < -0.4 is 5.43 Å². The number of ether oxygens (including phenoxy) is 1. The minimum absolute atomic E-state index is 0.266. The molecule has 0 amide bonds. The fraction of sp³-hybridized carbons (Fsp3) is 1.00. The zero-order chi connectivity index (χ0) is 7.61. The molecule has 1 N–H and O–H groups in total. The van der Waals surface area contributed by atoms with E-state index in [0.717, 1.165) is 11.1 Å². The quantitative estimate of drug-likeness (QED) is 0.565. The topological polar surface area (TPSA) is 21.3 Å². The molecule has 2 unspecified atom stereocenters. The van der Waals surface area contributed by atoms with Gasteiger partial charge < -0.3 is 4.74 Å². The number of quaternary nitrogens is 1. The molecule has 0 bridgehead atoms. The van der Waals surface area contributed by atoms with Crippen molar-refractivity contribution in [3.05, 3.63) is 0 Å². The van der Waals surface area contributed by atoms with Crippen LogP contribution in [-0.4, -0.2) is 38.1 Å². The zero-order valence-corrected chi connectivity index (χ0v) is 7.05. The van der Waals surface area contributed by atoms with Gasteiger partial charge in [0.25, 0.3) is 0 Å². The van der Waals surface area contributed by atoms with Crippen molar-refractivity contribution in [2.75, 3.05) is 27.2 Å². The molecule has 1 aliphatic heterocycles. The molecular weight excluding hydrogens is 128 g/mol. The van der Waals surface area contributed by atoms with E-state index in [2.05, 4.69) is 19.4 Å². The Balaban J connectivity index is 2.49. The Hall–Kier alpha value is -0.120. The molecular formula is C7H17N2O+. The van der Waals surface area contributed by atoms with Gasteiger partial charge in [0, 0.05) is 20.5 Å². The maximum atomic E-state index is 5.25. The third-order valence-corrected chi connectivity index (χ3v) is 2.42. The lowest BCUT2D eigenvalue weighted by atomic mass is 10.4. The van der Waals surface area contributed by atoms with Crippen molar-refractivity contribution >= 4 is 0 Å². The molecule has 0 saturated carbocycles. The van der Waals surface area contributed by atoms with Gasteiger partial charge >= 0.3 is 0 Å². The third kappa shape index (κ3) is 1.31. The fourth-order valence-corrected chi connectivity index (χ4v) is 1.36. The summed E-state index contributed by atoms with van der Waals surface area (Å²) < 4.78 is 6.10. The van der Waals surface area contributed by atoms with E-state index in [4.69, 9.17) is 4.74 Å². The standard InChI is InChI=1S/C7H17N2O/c1-7(10-3)9(2)6-4-5-8-9/h7-8H,4-6H2,1-3H3/q+1. The molecule has 0 radical (unpaired) electrons. The van der Waals surface area contributed by atoms with Crippen LogP contribution in [0.3, 0.4) is 0 Å². The Bertz CT molecular complexity index is 110. The number of hydrogen-bond acceptors (Lipinski definition) is 2. The van der Waals surface area contributed by atoms with Crippen LogP contribution in [0.15, 0.2) is 0 Å². The Morgan fingerprint density at radius 2 is 2.30 bits per heavy atom. The van der Waals surface area contributed by atoms with Crippen molar-refractivity contribution < 1.29 is 9.33 Å². The fourth-order valence-electron chi connectivity index (χ4n) is 1.36. The summed E-state index contributed by atoms with van der Waals surface area (Å²) in [7, 11) is 3.93. The van der Waals surface area contributed by atoms with Gasteiger partial charge in [0.15, 0.2) is 0 Å². The van der Waals surface area contributed by atoms with E-state index in [1.165, 1.54) is 13.0 Å². The van der Waals surface area contributed by atoms with Crippen LogP contribution in [0.25, 0.3) is 0 Å². The molecule has 0 aromatic heterocycles. The first-order chi connectivity index (χ1) is 4.69. The van der Waals surface area contributed by atoms with E-state index in [-0.39, 0.29) is 6.23 Å². The number of hydrogen-bond donors (Lipinski definition) is 1. The summed E-state index contributed by atoms with van der Waals surface area (Å²) in [6, 6.07) is 0. The number of methoxy groups -OCH3 is 1. The molecule has 1 fully saturated rings. The van der Waals surface area contributed by atoms with Crippen LogP contribution in [0.5, 0.6) is 0 Å².